The van der Waals surface area contributed by atoms with Gasteiger partial charge in [-0.15, -0.1) is 0 Å². The number of urea groups is 1. The molecule has 0 aliphatic carbocycles. The van der Waals surface area contributed by atoms with Gasteiger partial charge in [0.2, 0.25) is 0 Å². The summed E-state index contributed by atoms with van der Waals surface area (Å²) in [4.78, 5) is 26.0. The molecule has 0 atom stereocenters. The summed E-state index contributed by atoms with van der Waals surface area (Å²) in [5.74, 6) is 0.101. The molecule has 3 rings (SSSR count). The molecule has 0 aromatic heterocycles. The number of nitrogens with one attached hydrogen (secondary N) is 1. The summed E-state index contributed by atoms with van der Waals surface area (Å²) in [5, 5.41) is 3.93. The average Bonchev–Trinajstić information content (AvgIpc) is 2.87. The predicted molar refractivity (Wildman–Crippen MR) is 106 cm³/mol. The second-order valence-electron chi connectivity index (χ2n) is 5.73. The van der Waals surface area contributed by atoms with E-state index in [2.05, 4.69) is 5.32 Å². The molecule has 1 fully saturated rings. The van der Waals surface area contributed by atoms with E-state index in [9.17, 15) is 9.59 Å². The second kappa shape index (κ2) is 8.21. The van der Waals surface area contributed by atoms with Crippen molar-refractivity contribution in [3.8, 4) is 5.75 Å². The lowest BCUT2D eigenvalue weighted by Crippen LogP contribution is -2.30. The van der Waals surface area contributed by atoms with Gasteiger partial charge >= 0.3 is 6.03 Å². The van der Waals surface area contributed by atoms with Crippen molar-refractivity contribution in [2.24, 2.45) is 0 Å². The van der Waals surface area contributed by atoms with Gasteiger partial charge in [0.15, 0.2) is 0 Å². The van der Waals surface area contributed by atoms with Gasteiger partial charge in [-0.25, -0.2) is 4.79 Å². The lowest BCUT2D eigenvalue weighted by atomic mass is 10.1. The maximum absolute atomic E-state index is 12.7. The van der Waals surface area contributed by atoms with Crippen molar-refractivity contribution in [1.29, 1.82) is 0 Å². The Hall–Kier alpha value is -2.21. The minimum Gasteiger partial charge on any atom is -0.493 e. The van der Waals surface area contributed by atoms with Crippen molar-refractivity contribution in [2.75, 3.05) is 6.61 Å². The second-order valence-corrected chi connectivity index (χ2v) is 7.01. The molecule has 3 amide bonds. The summed E-state index contributed by atoms with van der Waals surface area (Å²) in [6, 6.07) is 9.43. The smallest absolute Gasteiger partial charge is 0.329 e. The van der Waals surface area contributed by atoms with E-state index in [-0.39, 0.29) is 12.2 Å². The van der Waals surface area contributed by atoms with Gasteiger partial charge in [-0.05, 0) is 48.9 Å². The lowest BCUT2D eigenvalue weighted by Gasteiger charge is -2.13. The van der Waals surface area contributed by atoms with Crippen molar-refractivity contribution in [3.05, 3.63) is 68.3 Å². The Morgan fingerprint density at radius 1 is 1.07 bits per heavy atom. The lowest BCUT2D eigenvalue weighted by molar-refractivity contribution is -0.123. The summed E-state index contributed by atoms with van der Waals surface area (Å²) in [6.45, 7) is 2.34. The first-order chi connectivity index (χ1) is 12.9. The highest BCUT2D eigenvalue weighted by atomic mass is 35.5. The maximum atomic E-state index is 12.7. The van der Waals surface area contributed by atoms with Gasteiger partial charge in [-0.3, -0.25) is 9.69 Å². The Morgan fingerprint density at radius 3 is 2.48 bits per heavy atom. The molecule has 27 heavy (non-hydrogen) atoms. The van der Waals surface area contributed by atoms with Crippen LogP contribution in [0.1, 0.15) is 18.1 Å². The highest BCUT2D eigenvalue weighted by Crippen LogP contribution is 2.28. The van der Waals surface area contributed by atoms with Crippen LogP contribution in [-0.4, -0.2) is 23.4 Å². The number of hydrogen-bond acceptors (Lipinski definition) is 3. The minimum atomic E-state index is -0.530. The molecule has 1 saturated heterocycles. The van der Waals surface area contributed by atoms with Gasteiger partial charge in [0.05, 0.1) is 13.2 Å². The molecule has 1 aliphatic rings. The molecule has 1 N–H and O–H groups in total. The van der Waals surface area contributed by atoms with Crippen molar-refractivity contribution in [2.45, 2.75) is 13.5 Å². The van der Waals surface area contributed by atoms with Crippen LogP contribution < -0.4 is 10.1 Å². The standard InChI is InChI=1S/C19H15Cl3N2O3/c1-2-27-17-6-5-13(20)7-12(17)8-16-18(25)24(19(26)23-16)10-11-3-4-14(21)9-15(11)22/h3-9H,2,10H2,1H3,(H,23,26)/b16-8-. The van der Waals surface area contributed by atoms with Crippen LogP contribution in [0.25, 0.3) is 6.08 Å². The van der Waals surface area contributed by atoms with Crippen LogP contribution in [0.5, 0.6) is 5.75 Å². The van der Waals surface area contributed by atoms with Crippen LogP contribution in [0.15, 0.2) is 42.1 Å². The Labute approximate surface area is 171 Å². The zero-order valence-corrected chi connectivity index (χ0v) is 16.5. The third kappa shape index (κ3) is 4.38. The fraction of sp³-hybridized carbons (Fsp3) is 0.158. The number of amides is 3. The monoisotopic (exact) mass is 424 g/mol. The number of hydrogen-bond donors (Lipinski definition) is 1. The molecular formula is C19H15Cl3N2O3. The van der Waals surface area contributed by atoms with Gasteiger partial charge in [0.1, 0.15) is 11.4 Å². The number of benzene rings is 2. The van der Waals surface area contributed by atoms with Crippen LogP contribution in [0.4, 0.5) is 4.79 Å². The highest BCUT2D eigenvalue weighted by molar-refractivity contribution is 6.35. The van der Waals surface area contributed by atoms with E-state index in [1.165, 1.54) is 0 Å². The van der Waals surface area contributed by atoms with Gasteiger partial charge in [-0.2, -0.15) is 0 Å². The van der Waals surface area contributed by atoms with Gasteiger partial charge in [-0.1, -0.05) is 40.9 Å². The molecule has 0 radical (unpaired) electrons. The van der Waals surface area contributed by atoms with Crippen molar-refractivity contribution >= 4 is 52.8 Å². The number of halogens is 3. The molecule has 2 aromatic rings. The van der Waals surface area contributed by atoms with Gasteiger partial charge in [0, 0.05) is 20.6 Å². The SMILES string of the molecule is CCOc1ccc(Cl)cc1/C=C1\NC(=O)N(Cc2ccc(Cl)cc2Cl)C1=O. The van der Waals surface area contributed by atoms with Crippen molar-refractivity contribution in [1.82, 2.24) is 10.2 Å². The van der Waals surface area contributed by atoms with Crippen LogP contribution in [0.2, 0.25) is 15.1 Å². The Balaban J connectivity index is 1.88. The van der Waals surface area contributed by atoms with E-state index in [1.807, 2.05) is 6.92 Å². The Morgan fingerprint density at radius 2 is 1.78 bits per heavy atom. The molecule has 0 bridgehead atoms. The zero-order chi connectivity index (χ0) is 19.6. The maximum Gasteiger partial charge on any atom is 0.329 e. The topological polar surface area (TPSA) is 58.6 Å². The first-order valence-corrected chi connectivity index (χ1v) is 9.23. The largest absolute Gasteiger partial charge is 0.493 e. The molecule has 0 unspecified atom stereocenters. The van der Waals surface area contributed by atoms with E-state index >= 15 is 0 Å². The van der Waals surface area contributed by atoms with E-state index < -0.39 is 11.9 Å². The van der Waals surface area contributed by atoms with Crippen molar-refractivity contribution < 1.29 is 14.3 Å². The van der Waals surface area contributed by atoms with Gasteiger partial charge in [0.25, 0.3) is 5.91 Å². The highest BCUT2D eigenvalue weighted by Gasteiger charge is 2.34. The third-order valence-corrected chi connectivity index (χ3v) is 4.70. The Bertz CT molecular complexity index is 944. The third-order valence-electron chi connectivity index (χ3n) is 3.88. The average molecular weight is 426 g/mol. The van der Waals surface area contributed by atoms with Crippen LogP contribution >= 0.6 is 34.8 Å². The number of imide groups is 1. The first-order valence-electron chi connectivity index (χ1n) is 8.10. The predicted octanol–water partition coefficient (Wildman–Crippen LogP) is 5.14. The number of rotatable bonds is 5. The van der Waals surface area contributed by atoms with Crippen molar-refractivity contribution in [3.63, 3.8) is 0 Å². The molecule has 0 saturated carbocycles. The normalized spacial score (nSPS) is 15.4. The molecular weight excluding hydrogens is 411 g/mol. The fourth-order valence-electron chi connectivity index (χ4n) is 2.61. The number of carbonyl (C=O) groups is 2. The van der Waals surface area contributed by atoms with Gasteiger partial charge < -0.3 is 10.1 Å². The number of ether oxygens (including phenoxy) is 1. The molecule has 2 aromatic carbocycles. The quantitative estimate of drug-likeness (QED) is 0.533. The van der Waals surface area contributed by atoms with E-state index in [1.54, 1.807) is 42.5 Å². The first kappa shape index (κ1) is 19.5. The van der Waals surface area contributed by atoms with E-state index in [0.717, 1.165) is 4.90 Å². The minimum absolute atomic E-state index is 0.0336. The summed E-state index contributed by atoms with van der Waals surface area (Å²) in [5.41, 5.74) is 1.34. The summed E-state index contributed by atoms with van der Waals surface area (Å²) in [6.07, 6.45) is 1.54. The molecule has 1 aliphatic heterocycles. The summed E-state index contributed by atoms with van der Waals surface area (Å²) < 4.78 is 5.54. The molecule has 1 heterocycles. The molecule has 8 heteroatoms. The number of nitrogens with zero attached hydrogens (tertiary/aromatic N) is 1. The van der Waals surface area contributed by atoms with E-state index in [0.29, 0.717) is 38.6 Å². The van der Waals surface area contributed by atoms with Crippen LogP contribution in [-0.2, 0) is 11.3 Å². The molecule has 140 valence electrons. The molecule has 5 nitrogen and oxygen atoms in total. The summed E-state index contributed by atoms with van der Waals surface area (Å²) in [7, 11) is 0. The van der Waals surface area contributed by atoms with E-state index in [4.69, 9.17) is 39.5 Å². The zero-order valence-electron chi connectivity index (χ0n) is 14.3. The fourth-order valence-corrected chi connectivity index (χ4v) is 3.26. The number of carbonyl (C=O) groups excluding carboxylic acids is 2. The van der Waals surface area contributed by atoms with Crippen LogP contribution in [0.3, 0.4) is 0 Å². The summed E-state index contributed by atoms with van der Waals surface area (Å²) >= 11 is 18.1. The van der Waals surface area contributed by atoms with Crippen LogP contribution in [0, 0.1) is 0 Å². The molecule has 0 spiro atoms. The Kier molecular flexibility index (Phi) is 5.95.